The molecule has 0 aromatic rings. The van der Waals surface area contributed by atoms with Crippen LogP contribution in [-0.2, 0) is 9.59 Å². The number of aliphatic carboxylic acids is 1. The average Bonchev–Trinajstić information content (AvgIpc) is 3.20. The van der Waals surface area contributed by atoms with Gasteiger partial charge in [-0.25, -0.2) is 4.79 Å². The topological polar surface area (TPSA) is 104 Å². The molecule has 1 atom stereocenters. The molecule has 0 aromatic carbocycles. The fraction of sp³-hybridized carbons (Fsp3) is 0.769. The molecule has 3 amide bonds. The first kappa shape index (κ1) is 14.6. The summed E-state index contributed by atoms with van der Waals surface area (Å²) in [5.74, 6) is -1.15. The molecule has 0 bridgehead atoms. The lowest BCUT2D eigenvalue weighted by atomic mass is 10.0. The summed E-state index contributed by atoms with van der Waals surface area (Å²) < 4.78 is 0. The molecule has 2 rings (SSSR count). The molecule has 112 valence electrons. The van der Waals surface area contributed by atoms with Crippen LogP contribution in [0.2, 0.25) is 0 Å². The monoisotopic (exact) mass is 283 g/mol. The Balaban J connectivity index is 2.06. The van der Waals surface area contributed by atoms with E-state index in [2.05, 4.69) is 0 Å². The first-order chi connectivity index (χ1) is 9.49. The highest BCUT2D eigenvalue weighted by molar-refractivity contribution is 5.87. The molecular formula is C13H21N3O4. The smallest absolute Gasteiger partial charge is 0.323 e. The zero-order chi connectivity index (χ0) is 14.7. The van der Waals surface area contributed by atoms with Crippen LogP contribution in [-0.4, -0.2) is 58.5 Å². The number of carboxylic acid groups (broad SMARTS) is 1. The number of primary amides is 1. The number of urea groups is 1. The number of nitrogens with zero attached hydrogens (tertiary/aromatic N) is 2. The second-order valence-electron chi connectivity index (χ2n) is 5.61. The molecular weight excluding hydrogens is 262 g/mol. The second kappa shape index (κ2) is 6.11. The van der Waals surface area contributed by atoms with Gasteiger partial charge in [0.05, 0.1) is 0 Å². The molecule has 1 aliphatic heterocycles. The zero-order valence-corrected chi connectivity index (χ0v) is 11.5. The molecule has 1 saturated heterocycles. The molecule has 7 nitrogen and oxygen atoms in total. The fourth-order valence-corrected chi connectivity index (χ4v) is 2.62. The van der Waals surface area contributed by atoms with Crippen LogP contribution in [0.4, 0.5) is 4.79 Å². The fourth-order valence-electron chi connectivity index (χ4n) is 2.62. The number of hydrogen-bond donors (Lipinski definition) is 2. The highest BCUT2D eigenvalue weighted by Gasteiger charge is 2.36. The van der Waals surface area contributed by atoms with Gasteiger partial charge in [0, 0.05) is 13.1 Å². The number of nitrogens with two attached hydrogens (primary N) is 1. The molecule has 20 heavy (non-hydrogen) atoms. The Morgan fingerprint density at radius 2 is 1.90 bits per heavy atom. The number of carbonyl (C=O) groups is 3. The van der Waals surface area contributed by atoms with Crippen molar-refractivity contribution in [1.29, 1.82) is 0 Å². The van der Waals surface area contributed by atoms with Crippen molar-refractivity contribution in [3.05, 3.63) is 0 Å². The van der Waals surface area contributed by atoms with Gasteiger partial charge in [-0.1, -0.05) is 0 Å². The first-order valence-corrected chi connectivity index (χ1v) is 7.05. The highest BCUT2D eigenvalue weighted by atomic mass is 16.4. The SMILES string of the molecule is NC(=O)C1CCCCN1C(=O)N(CC(=O)O)CC1CC1. The van der Waals surface area contributed by atoms with E-state index >= 15 is 0 Å². The molecule has 3 N–H and O–H groups in total. The minimum absolute atomic E-state index is 0.322. The predicted molar refractivity (Wildman–Crippen MR) is 70.9 cm³/mol. The van der Waals surface area contributed by atoms with Gasteiger partial charge in [0.1, 0.15) is 12.6 Å². The summed E-state index contributed by atoms with van der Waals surface area (Å²) in [4.78, 5) is 37.6. The van der Waals surface area contributed by atoms with Crippen molar-refractivity contribution in [1.82, 2.24) is 9.80 Å². The number of carbonyl (C=O) groups excluding carboxylic acids is 2. The van der Waals surface area contributed by atoms with E-state index in [4.69, 9.17) is 10.8 Å². The van der Waals surface area contributed by atoms with Crippen molar-refractivity contribution in [2.24, 2.45) is 11.7 Å². The van der Waals surface area contributed by atoms with E-state index in [1.165, 1.54) is 9.80 Å². The summed E-state index contributed by atoms with van der Waals surface area (Å²) >= 11 is 0. The van der Waals surface area contributed by atoms with Crippen LogP contribution in [0.25, 0.3) is 0 Å². The Morgan fingerprint density at radius 3 is 2.45 bits per heavy atom. The molecule has 2 fully saturated rings. The molecule has 1 heterocycles. The first-order valence-electron chi connectivity index (χ1n) is 7.05. The van der Waals surface area contributed by atoms with Gasteiger partial charge in [0.2, 0.25) is 5.91 Å². The van der Waals surface area contributed by atoms with E-state index in [-0.39, 0.29) is 12.6 Å². The van der Waals surface area contributed by atoms with Gasteiger partial charge in [-0.2, -0.15) is 0 Å². The Labute approximate surface area is 117 Å². The van der Waals surface area contributed by atoms with Crippen molar-refractivity contribution in [3.63, 3.8) is 0 Å². The van der Waals surface area contributed by atoms with Crippen LogP contribution >= 0.6 is 0 Å². The van der Waals surface area contributed by atoms with Crippen molar-refractivity contribution < 1.29 is 19.5 Å². The summed E-state index contributed by atoms with van der Waals surface area (Å²) in [5, 5.41) is 8.94. The number of carboxylic acids is 1. The van der Waals surface area contributed by atoms with Crippen LogP contribution < -0.4 is 5.73 Å². The molecule has 0 spiro atoms. The van der Waals surface area contributed by atoms with Crippen LogP contribution in [0.1, 0.15) is 32.1 Å². The van der Waals surface area contributed by atoms with Crippen LogP contribution in [0.3, 0.4) is 0 Å². The maximum absolute atomic E-state index is 12.5. The van der Waals surface area contributed by atoms with E-state index in [9.17, 15) is 14.4 Å². The minimum Gasteiger partial charge on any atom is -0.480 e. The van der Waals surface area contributed by atoms with E-state index in [1.807, 2.05) is 0 Å². The van der Waals surface area contributed by atoms with Gasteiger partial charge < -0.3 is 20.6 Å². The third-order valence-corrected chi connectivity index (χ3v) is 3.85. The Kier molecular flexibility index (Phi) is 4.46. The third-order valence-electron chi connectivity index (χ3n) is 3.85. The summed E-state index contributed by atoms with van der Waals surface area (Å²) in [6.07, 6.45) is 4.30. The summed E-state index contributed by atoms with van der Waals surface area (Å²) in [6, 6.07) is -0.977. The largest absolute Gasteiger partial charge is 0.480 e. The number of likely N-dealkylation sites (tertiary alicyclic amines) is 1. The molecule has 2 aliphatic rings. The molecule has 1 unspecified atom stereocenters. The van der Waals surface area contributed by atoms with E-state index in [1.54, 1.807) is 0 Å². The zero-order valence-electron chi connectivity index (χ0n) is 11.5. The number of rotatable bonds is 5. The van der Waals surface area contributed by atoms with Gasteiger partial charge in [-0.05, 0) is 38.0 Å². The van der Waals surface area contributed by atoms with E-state index in [0.717, 1.165) is 25.7 Å². The Hall–Kier alpha value is -1.79. The molecule has 0 aromatic heterocycles. The molecule has 1 saturated carbocycles. The Morgan fingerprint density at radius 1 is 1.20 bits per heavy atom. The summed E-state index contributed by atoms with van der Waals surface area (Å²) in [5.41, 5.74) is 5.34. The summed E-state index contributed by atoms with van der Waals surface area (Å²) in [7, 11) is 0. The average molecular weight is 283 g/mol. The van der Waals surface area contributed by atoms with Crippen LogP contribution in [0, 0.1) is 5.92 Å². The lowest BCUT2D eigenvalue weighted by molar-refractivity contribution is -0.137. The Bertz CT molecular complexity index is 408. The molecule has 0 radical (unpaired) electrons. The van der Waals surface area contributed by atoms with Crippen molar-refractivity contribution >= 4 is 17.9 Å². The number of piperidine rings is 1. The highest BCUT2D eigenvalue weighted by Crippen LogP contribution is 2.30. The van der Waals surface area contributed by atoms with Gasteiger partial charge in [-0.15, -0.1) is 0 Å². The lowest BCUT2D eigenvalue weighted by Crippen LogP contribution is -2.55. The lowest BCUT2D eigenvalue weighted by Gasteiger charge is -2.37. The van der Waals surface area contributed by atoms with Crippen molar-refractivity contribution in [2.45, 2.75) is 38.1 Å². The van der Waals surface area contributed by atoms with Crippen molar-refractivity contribution in [3.8, 4) is 0 Å². The maximum Gasteiger partial charge on any atom is 0.323 e. The quantitative estimate of drug-likeness (QED) is 0.754. The number of amides is 3. The van der Waals surface area contributed by atoms with Crippen LogP contribution in [0.15, 0.2) is 0 Å². The molecule has 7 heteroatoms. The second-order valence-corrected chi connectivity index (χ2v) is 5.61. The van der Waals surface area contributed by atoms with E-state index < -0.39 is 17.9 Å². The van der Waals surface area contributed by atoms with Crippen LogP contribution in [0.5, 0.6) is 0 Å². The van der Waals surface area contributed by atoms with Gasteiger partial charge in [-0.3, -0.25) is 9.59 Å². The predicted octanol–water partition coefficient (Wildman–Crippen LogP) is 0.243. The normalized spacial score (nSPS) is 22.4. The third kappa shape index (κ3) is 3.61. The van der Waals surface area contributed by atoms with E-state index in [0.29, 0.717) is 25.4 Å². The molecule has 1 aliphatic carbocycles. The standard InChI is InChI=1S/C13H21N3O4/c14-12(19)10-3-1-2-6-16(10)13(20)15(8-11(17)18)7-9-4-5-9/h9-10H,1-8H2,(H2,14,19)(H,17,18). The van der Waals surface area contributed by atoms with Gasteiger partial charge in [0.25, 0.3) is 0 Å². The minimum atomic E-state index is -1.04. The van der Waals surface area contributed by atoms with Crippen molar-refractivity contribution in [2.75, 3.05) is 19.6 Å². The van der Waals surface area contributed by atoms with Gasteiger partial charge >= 0.3 is 12.0 Å². The van der Waals surface area contributed by atoms with Gasteiger partial charge in [0.15, 0.2) is 0 Å². The number of hydrogen-bond acceptors (Lipinski definition) is 3. The summed E-state index contributed by atoms with van der Waals surface area (Å²) in [6.45, 7) is 0.595. The maximum atomic E-state index is 12.5.